The van der Waals surface area contributed by atoms with Gasteiger partial charge in [-0.1, -0.05) is 39.7 Å². The molecule has 2 aromatic heterocycles. The first kappa shape index (κ1) is 22.9. The molecule has 0 bridgehead atoms. The molecule has 0 unspecified atom stereocenters. The van der Waals surface area contributed by atoms with Gasteiger partial charge in [0.2, 0.25) is 11.8 Å². The predicted molar refractivity (Wildman–Crippen MR) is 116 cm³/mol. The van der Waals surface area contributed by atoms with Gasteiger partial charge < -0.3 is 14.6 Å². The van der Waals surface area contributed by atoms with E-state index in [1.807, 2.05) is 38.3 Å². The zero-order chi connectivity index (χ0) is 22.4. The van der Waals surface area contributed by atoms with Crippen molar-refractivity contribution < 1.29 is 18.8 Å². The minimum Gasteiger partial charge on any atom is -0.418 e. The van der Waals surface area contributed by atoms with Gasteiger partial charge in [-0.15, -0.1) is 21.5 Å². The molecule has 1 aliphatic heterocycles. The van der Waals surface area contributed by atoms with Crippen LogP contribution in [-0.2, 0) is 16.1 Å². The van der Waals surface area contributed by atoms with Gasteiger partial charge in [-0.25, -0.2) is 4.79 Å². The molecule has 2 aromatic rings. The van der Waals surface area contributed by atoms with Gasteiger partial charge in [0.15, 0.2) is 0 Å². The number of amides is 4. The van der Waals surface area contributed by atoms with Crippen LogP contribution in [0, 0.1) is 0 Å². The Morgan fingerprint density at radius 3 is 2.55 bits per heavy atom. The Morgan fingerprint density at radius 1 is 1.19 bits per heavy atom. The Morgan fingerprint density at radius 2 is 1.94 bits per heavy atom. The van der Waals surface area contributed by atoms with E-state index < -0.39 is 11.6 Å². The van der Waals surface area contributed by atoms with E-state index in [0.717, 1.165) is 22.6 Å². The molecule has 0 aromatic carbocycles. The average Bonchev–Trinajstić information content (AvgIpc) is 3.46. The highest BCUT2D eigenvalue weighted by atomic mass is 32.1. The van der Waals surface area contributed by atoms with E-state index in [2.05, 4.69) is 15.5 Å². The monoisotopic (exact) mass is 447 g/mol. The van der Waals surface area contributed by atoms with E-state index in [0.29, 0.717) is 37.6 Å². The summed E-state index contributed by atoms with van der Waals surface area (Å²) in [6.45, 7) is 6.18. The van der Waals surface area contributed by atoms with E-state index in [1.165, 1.54) is 11.3 Å². The van der Waals surface area contributed by atoms with Crippen molar-refractivity contribution in [1.29, 1.82) is 0 Å². The van der Waals surface area contributed by atoms with Crippen LogP contribution in [0.2, 0.25) is 0 Å². The van der Waals surface area contributed by atoms with Crippen molar-refractivity contribution in [2.75, 3.05) is 13.1 Å². The van der Waals surface area contributed by atoms with Crippen molar-refractivity contribution in [3.05, 3.63) is 23.4 Å². The molecular weight excluding hydrogens is 418 g/mol. The van der Waals surface area contributed by atoms with E-state index in [-0.39, 0.29) is 24.9 Å². The first-order valence-electron chi connectivity index (χ1n) is 10.7. The third-order valence-electron chi connectivity index (χ3n) is 5.26. The van der Waals surface area contributed by atoms with Crippen LogP contribution in [0.25, 0.3) is 10.8 Å². The highest BCUT2D eigenvalue weighted by Gasteiger charge is 2.50. The lowest BCUT2D eigenvalue weighted by atomic mass is 9.88. The van der Waals surface area contributed by atoms with Gasteiger partial charge in [0.1, 0.15) is 12.1 Å². The van der Waals surface area contributed by atoms with Crippen molar-refractivity contribution in [1.82, 2.24) is 25.3 Å². The number of nitrogens with zero attached hydrogens (tertiary/aromatic N) is 4. The first-order valence-corrected chi connectivity index (χ1v) is 11.6. The Balaban J connectivity index is 1.70. The molecule has 3 heterocycles. The molecule has 10 heteroatoms. The van der Waals surface area contributed by atoms with Crippen LogP contribution >= 0.6 is 11.3 Å². The van der Waals surface area contributed by atoms with Crippen molar-refractivity contribution in [3.63, 3.8) is 0 Å². The Bertz CT molecular complexity index is 905. The largest absolute Gasteiger partial charge is 0.418 e. The van der Waals surface area contributed by atoms with Crippen molar-refractivity contribution in [3.8, 4) is 10.8 Å². The summed E-state index contributed by atoms with van der Waals surface area (Å²) < 4.78 is 5.70. The zero-order valence-corrected chi connectivity index (χ0v) is 19.0. The summed E-state index contributed by atoms with van der Waals surface area (Å²) in [5.41, 5.74) is -0.904. The second kappa shape index (κ2) is 10.0. The summed E-state index contributed by atoms with van der Waals surface area (Å²) in [6.07, 6.45) is 3.36. The molecule has 0 radical (unpaired) electrons. The topological polar surface area (TPSA) is 109 Å². The van der Waals surface area contributed by atoms with E-state index in [1.54, 1.807) is 4.90 Å². The molecule has 1 aliphatic rings. The van der Waals surface area contributed by atoms with Crippen LogP contribution in [-0.4, -0.2) is 56.5 Å². The van der Waals surface area contributed by atoms with Crippen LogP contribution in [0.3, 0.4) is 0 Å². The Hall–Kier alpha value is -2.75. The summed E-state index contributed by atoms with van der Waals surface area (Å²) in [5.74, 6) is 0.0782. The van der Waals surface area contributed by atoms with Crippen molar-refractivity contribution in [2.45, 2.75) is 65.0 Å². The molecule has 1 N–H and O–H groups in total. The van der Waals surface area contributed by atoms with Crippen LogP contribution < -0.4 is 5.32 Å². The molecule has 0 spiro atoms. The van der Waals surface area contributed by atoms with Gasteiger partial charge in [-0.05, 0) is 30.7 Å². The van der Waals surface area contributed by atoms with Gasteiger partial charge in [-0.3, -0.25) is 14.5 Å². The maximum Gasteiger partial charge on any atom is 0.325 e. The van der Waals surface area contributed by atoms with Gasteiger partial charge in [0, 0.05) is 6.54 Å². The molecule has 0 aliphatic carbocycles. The molecule has 1 saturated heterocycles. The third-order valence-corrected chi connectivity index (χ3v) is 6.12. The number of thiophene rings is 1. The van der Waals surface area contributed by atoms with Gasteiger partial charge in [0.25, 0.3) is 11.8 Å². The number of carbonyl (C=O) groups is 3. The molecule has 0 atom stereocenters. The molecular formula is C21H29N5O4S. The molecule has 3 rings (SSSR count). The summed E-state index contributed by atoms with van der Waals surface area (Å²) >= 11 is 1.49. The lowest BCUT2D eigenvalue weighted by molar-refractivity contribution is -0.139. The number of urea groups is 1. The van der Waals surface area contributed by atoms with Gasteiger partial charge >= 0.3 is 6.03 Å². The van der Waals surface area contributed by atoms with Crippen molar-refractivity contribution >= 4 is 29.2 Å². The van der Waals surface area contributed by atoms with E-state index in [4.69, 9.17) is 4.42 Å². The third kappa shape index (κ3) is 4.95. The summed E-state index contributed by atoms with van der Waals surface area (Å²) in [4.78, 5) is 42.1. The minimum atomic E-state index is -0.904. The minimum absolute atomic E-state index is 0.129. The number of aromatic nitrogens is 2. The molecule has 0 saturated carbocycles. The van der Waals surface area contributed by atoms with Gasteiger partial charge in [0.05, 0.1) is 11.4 Å². The molecule has 4 amide bonds. The number of imide groups is 1. The standard InChI is InChI=1S/C21H29N5O4S/c1-4-9-21(10-5-2)19(28)26(20(29)22-21)14-17(27)25(11-6-3)13-16-23-24-18(30-16)15-8-7-12-31-15/h7-8,12H,4-6,9-11,13-14H2,1-3H3,(H,22,29). The first-order chi connectivity index (χ1) is 14.9. The predicted octanol–water partition coefficient (Wildman–Crippen LogP) is 3.43. The highest BCUT2D eigenvalue weighted by molar-refractivity contribution is 7.13. The van der Waals surface area contributed by atoms with Crippen molar-refractivity contribution in [2.24, 2.45) is 0 Å². The van der Waals surface area contributed by atoms with E-state index in [9.17, 15) is 14.4 Å². The van der Waals surface area contributed by atoms with Crippen LogP contribution in [0.5, 0.6) is 0 Å². The number of nitrogens with one attached hydrogen (secondary N) is 1. The Kier molecular flexibility index (Phi) is 7.42. The van der Waals surface area contributed by atoms with Crippen LogP contribution in [0.15, 0.2) is 21.9 Å². The maximum atomic E-state index is 13.1. The maximum absolute atomic E-state index is 13.1. The molecule has 9 nitrogen and oxygen atoms in total. The number of hydrogen-bond donors (Lipinski definition) is 1. The SMILES string of the molecule is CCCN(Cc1nnc(-c2cccs2)o1)C(=O)CN1C(=O)NC(CCC)(CCC)C1=O. The molecule has 168 valence electrons. The highest BCUT2D eigenvalue weighted by Crippen LogP contribution is 2.28. The number of carbonyl (C=O) groups excluding carboxylic acids is 3. The summed E-state index contributed by atoms with van der Waals surface area (Å²) in [6, 6.07) is 3.27. The van der Waals surface area contributed by atoms with Crippen LogP contribution in [0.1, 0.15) is 58.8 Å². The fourth-order valence-electron chi connectivity index (χ4n) is 3.91. The lowest BCUT2D eigenvalue weighted by Gasteiger charge is -2.26. The number of hydrogen-bond acceptors (Lipinski definition) is 7. The zero-order valence-electron chi connectivity index (χ0n) is 18.2. The van der Waals surface area contributed by atoms with Gasteiger partial charge in [-0.2, -0.15) is 0 Å². The quantitative estimate of drug-likeness (QED) is 0.529. The summed E-state index contributed by atoms with van der Waals surface area (Å²) in [7, 11) is 0. The van der Waals surface area contributed by atoms with Crippen LogP contribution in [0.4, 0.5) is 4.79 Å². The lowest BCUT2D eigenvalue weighted by Crippen LogP contribution is -2.48. The Labute approximate surface area is 185 Å². The molecule has 1 fully saturated rings. The second-order valence-corrected chi connectivity index (χ2v) is 8.64. The second-order valence-electron chi connectivity index (χ2n) is 7.70. The number of rotatable bonds is 11. The fourth-order valence-corrected chi connectivity index (χ4v) is 4.56. The fraction of sp³-hybridized carbons (Fsp3) is 0.571. The summed E-state index contributed by atoms with van der Waals surface area (Å²) in [5, 5.41) is 12.9. The molecule has 31 heavy (non-hydrogen) atoms. The smallest absolute Gasteiger partial charge is 0.325 e. The average molecular weight is 448 g/mol. The van der Waals surface area contributed by atoms with E-state index >= 15 is 0 Å². The normalized spacial score (nSPS) is 15.4.